The number of carboxylic acid groups (broad SMARTS) is 1. The van der Waals surface area contributed by atoms with Crippen molar-refractivity contribution >= 4 is 11.9 Å². The van der Waals surface area contributed by atoms with Gasteiger partial charge in [-0.1, -0.05) is 26.2 Å². The van der Waals surface area contributed by atoms with Crippen molar-refractivity contribution in [2.24, 2.45) is 0 Å². The molecule has 1 unspecified atom stereocenters. The van der Waals surface area contributed by atoms with Gasteiger partial charge in [0.25, 0.3) is 0 Å². The van der Waals surface area contributed by atoms with E-state index in [9.17, 15) is 9.59 Å². The summed E-state index contributed by atoms with van der Waals surface area (Å²) in [5, 5.41) is 15.6. The lowest BCUT2D eigenvalue weighted by Crippen LogP contribution is -2.35. The van der Waals surface area contributed by atoms with E-state index in [2.05, 4.69) is 17.3 Å². The molecule has 2 N–H and O–H groups in total. The van der Waals surface area contributed by atoms with Crippen LogP contribution in [0.1, 0.15) is 50.0 Å². The highest BCUT2D eigenvalue weighted by atomic mass is 16.4. The second-order valence-corrected chi connectivity index (χ2v) is 4.64. The van der Waals surface area contributed by atoms with Crippen molar-refractivity contribution in [1.29, 1.82) is 0 Å². The fourth-order valence-electron chi connectivity index (χ4n) is 1.87. The third-order valence-electron chi connectivity index (χ3n) is 2.88. The lowest BCUT2D eigenvalue weighted by atomic mass is 10.1. The summed E-state index contributed by atoms with van der Waals surface area (Å²) in [6.07, 6.45) is 5.70. The van der Waals surface area contributed by atoms with Crippen molar-refractivity contribution in [3.63, 3.8) is 0 Å². The average Bonchev–Trinajstić information content (AvgIpc) is 2.77. The molecule has 0 saturated carbocycles. The Hall–Kier alpha value is -1.85. The van der Waals surface area contributed by atoms with Gasteiger partial charge < -0.3 is 10.4 Å². The van der Waals surface area contributed by atoms with Crippen molar-refractivity contribution in [2.45, 2.75) is 52.1 Å². The second kappa shape index (κ2) is 7.56. The predicted octanol–water partition coefficient (Wildman–Crippen LogP) is 1.67. The van der Waals surface area contributed by atoms with E-state index in [0.29, 0.717) is 0 Å². The van der Waals surface area contributed by atoms with Crippen LogP contribution >= 0.6 is 0 Å². The van der Waals surface area contributed by atoms with Crippen molar-refractivity contribution < 1.29 is 14.7 Å². The summed E-state index contributed by atoms with van der Waals surface area (Å²) in [5.74, 6) is -1.29. The second-order valence-electron chi connectivity index (χ2n) is 4.64. The molecule has 19 heavy (non-hydrogen) atoms. The number of hydrogen-bond acceptors (Lipinski definition) is 3. The van der Waals surface area contributed by atoms with Crippen molar-refractivity contribution in [2.75, 3.05) is 0 Å². The molecule has 106 valence electrons. The quantitative estimate of drug-likeness (QED) is 0.702. The van der Waals surface area contributed by atoms with Crippen LogP contribution in [0, 0.1) is 0 Å². The number of carbonyl (C=O) groups excluding carboxylic acids is 1. The van der Waals surface area contributed by atoms with E-state index in [0.717, 1.165) is 25.7 Å². The Kier molecular flexibility index (Phi) is 6.05. The molecule has 0 aliphatic heterocycles. The SMILES string of the molecule is CCCCCC(C)NC(=O)Cn1nccc1C(=O)O. The third kappa shape index (κ3) is 5.11. The molecule has 1 aromatic heterocycles. The number of aromatic nitrogens is 2. The highest BCUT2D eigenvalue weighted by molar-refractivity contribution is 5.86. The summed E-state index contributed by atoms with van der Waals surface area (Å²) in [6.45, 7) is 4.02. The maximum Gasteiger partial charge on any atom is 0.354 e. The van der Waals surface area contributed by atoms with Gasteiger partial charge in [0.1, 0.15) is 12.2 Å². The molecule has 0 radical (unpaired) electrons. The lowest BCUT2D eigenvalue weighted by molar-refractivity contribution is -0.122. The zero-order valence-corrected chi connectivity index (χ0v) is 11.4. The van der Waals surface area contributed by atoms with E-state index >= 15 is 0 Å². The fraction of sp³-hybridized carbons (Fsp3) is 0.615. The molecule has 6 heteroatoms. The number of unbranched alkanes of at least 4 members (excludes halogenated alkanes) is 2. The lowest BCUT2D eigenvalue weighted by Gasteiger charge is -2.14. The predicted molar refractivity (Wildman–Crippen MR) is 70.9 cm³/mol. The molecule has 1 rings (SSSR count). The number of carbonyl (C=O) groups is 2. The van der Waals surface area contributed by atoms with Crippen LogP contribution in [0.15, 0.2) is 12.3 Å². The van der Waals surface area contributed by atoms with E-state index in [1.54, 1.807) is 0 Å². The first kappa shape index (κ1) is 15.2. The Balaban J connectivity index is 2.42. The van der Waals surface area contributed by atoms with E-state index in [1.807, 2.05) is 6.92 Å². The van der Waals surface area contributed by atoms with Crippen molar-refractivity contribution in [1.82, 2.24) is 15.1 Å². The molecule has 0 bridgehead atoms. The molecular formula is C13H21N3O3. The van der Waals surface area contributed by atoms with Gasteiger partial charge >= 0.3 is 5.97 Å². The van der Waals surface area contributed by atoms with Gasteiger partial charge in [0.2, 0.25) is 5.91 Å². The van der Waals surface area contributed by atoms with Crippen LogP contribution in [0.4, 0.5) is 0 Å². The molecule has 0 spiro atoms. The summed E-state index contributed by atoms with van der Waals surface area (Å²) in [7, 11) is 0. The van der Waals surface area contributed by atoms with Gasteiger partial charge in [0.05, 0.1) is 0 Å². The molecule has 0 fully saturated rings. The molecule has 0 aliphatic rings. The standard InChI is InChI=1S/C13H21N3O3/c1-3-4-5-6-10(2)15-12(17)9-16-11(13(18)19)7-8-14-16/h7-8,10H,3-6,9H2,1-2H3,(H,15,17)(H,18,19). The summed E-state index contributed by atoms with van der Waals surface area (Å²) < 4.78 is 1.19. The first-order chi connectivity index (χ1) is 9.04. The van der Waals surface area contributed by atoms with Crippen LogP contribution in [-0.4, -0.2) is 32.8 Å². The molecule has 1 heterocycles. The van der Waals surface area contributed by atoms with Gasteiger partial charge in [-0.2, -0.15) is 5.10 Å². The first-order valence-corrected chi connectivity index (χ1v) is 6.59. The van der Waals surface area contributed by atoms with E-state index in [1.165, 1.54) is 16.9 Å². The third-order valence-corrected chi connectivity index (χ3v) is 2.88. The van der Waals surface area contributed by atoms with Crippen LogP contribution in [0.3, 0.4) is 0 Å². The largest absolute Gasteiger partial charge is 0.477 e. The summed E-state index contributed by atoms with van der Waals surface area (Å²) in [5.41, 5.74) is 0.0220. The number of nitrogens with one attached hydrogen (secondary N) is 1. The molecule has 0 aliphatic carbocycles. The van der Waals surface area contributed by atoms with Crippen molar-refractivity contribution in [3.05, 3.63) is 18.0 Å². The average molecular weight is 267 g/mol. The van der Waals surface area contributed by atoms with Crippen LogP contribution in [0.2, 0.25) is 0 Å². The fourth-order valence-corrected chi connectivity index (χ4v) is 1.87. The zero-order chi connectivity index (χ0) is 14.3. The van der Waals surface area contributed by atoms with Crippen LogP contribution in [0.25, 0.3) is 0 Å². The highest BCUT2D eigenvalue weighted by Crippen LogP contribution is 2.03. The number of hydrogen-bond donors (Lipinski definition) is 2. The maximum absolute atomic E-state index is 11.8. The Labute approximate surface area is 112 Å². The molecule has 1 aromatic rings. The maximum atomic E-state index is 11.8. The first-order valence-electron chi connectivity index (χ1n) is 6.59. The Morgan fingerprint density at radius 2 is 2.21 bits per heavy atom. The van der Waals surface area contributed by atoms with E-state index in [-0.39, 0.29) is 24.2 Å². The van der Waals surface area contributed by atoms with Gasteiger partial charge in [-0.05, 0) is 19.4 Å². The minimum atomic E-state index is -1.08. The van der Waals surface area contributed by atoms with Crippen LogP contribution in [-0.2, 0) is 11.3 Å². The Bertz CT molecular complexity index is 429. The normalized spacial score (nSPS) is 12.1. The van der Waals surface area contributed by atoms with Gasteiger partial charge in [0, 0.05) is 12.2 Å². The number of carboxylic acids is 1. The topological polar surface area (TPSA) is 84.2 Å². The summed E-state index contributed by atoms with van der Waals surface area (Å²) in [6, 6.07) is 1.48. The number of aromatic carboxylic acids is 1. The van der Waals surface area contributed by atoms with E-state index in [4.69, 9.17) is 5.11 Å². The summed E-state index contributed by atoms with van der Waals surface area (Å²) in [4.78, 5) is 22.6. The minimum Gasteiger partial charge on any atom is -0.477 e. The number of nitrogens with zero attached hydrogens (tertiary/aromatic N) is 2. The molecular weight excluding hydrogens is 246 g/mol. The zero-order valence-electron chi connectivity index (χ0n) is 11.4. The molecule has 0 saturated heterocycles. The van der Waals surface area contributed by atoms with Gasteiger partial charge in [-0.15, -0.1) is 0 Å². The molecule has 0 aromatic carbocycles. The molecule has 1 amide bonds. The Morgan fingerprint density at radius 1 is 1.47 bits per heavy atom. The van der Waals surface area contributed by atoms with Crippen LogP contribution < -0.4 is 5.32 Å². The van der Waals surface area contributed by atoms with Crippen molar-refractivity contribution in [3.8, 4) is 0 Å². The molecule has 1 atom stereocenters. The monoisotopic (exact) mass is 267 g/mol. The van der Waals surface area contributed by atoms with Gasteiger partial charge in [-0.25, -0.2) is 9.48 Å². The smallest absolute Gasteiger partial charge is 0.354 e. The highest BCUT2D eigenvalue weighted by Gasteiger charge is 2.14. The van der Waals surface area contributed by atoms with E-state index < -0.39 is 5.97 Å². The minimum absolute atomic E-state index is 0.0220. The van der Waals surface area contributed by atoms with Crippen LogP contribution in [0.5, 0.6) is 0 Å². The number of rotatable bonds is 8. The Morgan fingerprint density at radius 3 is 2.84 bits per heavy atom. The van der Waals surface area contributed by atoms with Gasteiger partial charge in [-0.3, -0.25) is 4.79 Å². The summed E-state index contributed by atoms with van der Waals surface area (Å²) >= 11 is 0. The molecule has 6 nitrogen and oxygen atoms in total. The van der Waals surface area contributed by atoms with Gasteiger partial charge in [0.15, 0.2) is 0 Å². The number of amides is 1.